The van der Waals surface area contributed by atoms with E-state index in [9.17, 15) is 0 Å². The fraction of sp³-hybridized carbons (Fsp3) is 0.417. The van der Waals surface area contributed by atoms with E-state index in [4.69, 9.17) is 4.74 Å². The molecule has 2 heterocycles. The Balaban J connectivity index is 1.59. The van der Waals surface area contributed by atoms with Crippen LogP contribution in [0.25, 0.3) is 5.69 Å². The lowest BCUT2D eigenvalue weighted by Crippen LogP contribution is -2.37. The van der Waals surface area contributed by atoms with Crippen LogP contribution in [0.1, 0.15) is 37.5 Å². The number of anilines is 1. The van der Waals surface area contributed by atoms with Crippen molar-refractivity contribution in [2.75, 3.05) is 31.2 Å². The van der Waals surface area contributed by atoms with Crippen LogP contribution in [0, 0.1) is 6.92 Å². The van der Waals surface area contributed by atoms with Crippen molar-refractivity contribution >= 4 is 17.7 Å². The summed E-state index contributed by atoms with van der Waals surface area (Å²) in [4.78, 5) is 2.26. The summed E-state index contributed by atoms with van der Waals surface area (Å²) in [5.41, 5.74) is 5.16. The molecule has 0 saturated carbocycles. The lowest BCUT2D eigenvalue weighted by atomic mass is 9.87. The minimum Gasteiger partial charge on any atom is -0.378 e. The quantitative estimate of drug-likeness (QED) is 0.541. The van der Waals surface area contributed by atoms with Gasteiger partial charge in [-0.15, -0.1) is 10.2 Å². The second kappa shape index (κ2) is 8.82. The standard InChI is InChI=1S/C24H30N4OS/c1-18-5-11-21(12-6-18)28-22(27-13-15-29-16-14-27)25-26-23(28)30-17-19-7-9-20(10-8-19)24(2,3)4/h5-12H,13-17H2,1-4H3. The zero-order valence-corrected chi connectivity index (χ0v) is 19.1. The molecule has 0 unspecified atom stereocenters. The van der Waals surface area contributed by atoms with E-state index in [-0.39, 0.29) is 5.41 Å². The fourth-order valence-electron chi connectivity index (χ4n) is 3.49. The first-order chi connectivity index (χ1) is 14.4. The molecule has 0 N–H and O–H groups in total. The average Bonchev–Trinajstić information content (AvgIpc) is 3.17. The van der Waals surface area contributed by atoms with Crippen molar-refractivity contribution in [3.63, 3.8) is 0 Å². The van der Waals surface area contributed by atoms with Crippen molar-refractivity contribution in [3.8, 4) is 5.69 Å². The van der Waals surface area contributed by atoms with Gasteiger partial charge in [0, 0.05) is 18.8 Å². The number of aromatic nitrogens is 3. The Morgan fingerprint density at radius 1 is 0.933 bits per heavy atom. The number of ether oxygens (including phenoxy) is 1. The molecule has 0 radical (unpaired) electrons. The number of hydrogen-bond acceptors (Lipinski definition) is 5. The minimum atomic E-state index is 0.171. The lowest BCUT2D eigenvalue weighted by molar-refractivity contribution is 0.122. The molecule has 1 aliphatic heterocycles. The van der Waals surface area contributed by atoms with Crippen LogP contribution in [0.5, 0.6) is 0 Å². The van der Waals surface area contributed by atoms with Crippen LogP contribution in [0.3, 0.4) is 0 Å². The number of morpholine rings is 1. The summed E-state index contributed by atoms with van der Waals surface area (Å²) in [6.07, 6.45) is 0. The Bertz CT molecular complexity index is 968. The van der Waals surface area contributed by atoms with Crippen LogP contribution < -0.4 is 4.90 Å². The van der Waals surface area contributed by atoms with E-state index in [0.717, 1.165) is 48.8 Å². The highest BCUT2D eigenvalue weighted by atomic mass is 32.2. The molecule has 0 bridgehead atoms. The third-order valence-electron chi connectivity index (χ3n) is 5.39. The fourth-order valence-corrected chi connectivity index (χ4v) is 4.40. The Morgan fingerprint density at radius 2 is 1.60 bits per heavy atom. The topological polar surface area (TPSA) is 43.2 Å². The first-order valence-corrected chi connectivity index (χ1v) is 11.5. The summed E-state index contributed by atoms with van der Waals surface area (Å²) >= 11 is 1.73. The monoisotopic (exact) mass is 422 g/mol. The van der Waals surface area contributed by atoms with Crippen molar-refractivity contribution in [2.45, 2.75) is 44.0 Å². The number of hydrogen-bond donors (Lipinski definition) is 0. The predicted molar refractivity (Wildman–Crippen MR) is 124 cm³/mol. The number of thioether (sulfide) groups is 1. The van der Waals surface area contributed by atoms with Gasteiger partial charge in [-0.05, 0) is 35.6 Å². The normalized spacial score (nSPS) is 14.9. The van der Waals surface area contributed by atoms with Gasteiger partial charge in [0.1, 0.15) is 0 Å². The maximum atomic E-state index is 5.52. The SMILES string of the molecule is Cc1ccc(-n2c(SCc3ccc(C(C)(C)C)cc3)nnc2N2CCOCC2)cc1. The zero-order valence-electron chi connectivity index (χ0n) is 18.3. The summed E-state index contributed by atoms with van der Waals surface area (Å²) in [7, 11) is 0. The third kappa shape index (κ3) is 4.71. The molecule has 0 amide bonds. The average molecular weight is 423 g/mol. The van der Waals surface area contributed by atoms with E-state index in [0.29, 0.717) is 0 Å². The van der Waals surface area contributed by atoms with Gasteiger partial charge in [0.2, 0.25) is 5.95 Å². The van der Waals surface area contributed by atoms with E-state index >= 15 is 0 Å². The molecule has 0 atom stereocenters. The Morgan fingerprint density at radius 3 is 2.23 bits per heavy atom. The van der Waals surface area contributed by atoms with Crippen LogP contribution in [-0.2, 0) is 15.9 Å². The van der Waals surface area contributed by atoms with Gasteiger partial charge in [0.25, 0.3) is 0 Å². The molecule has 0 spiro atoms. The zero-order chi connectivity index (χ0) is 21.1. The highest BCUT2D eigenvalue weighted by Crippen LogP contribution is 2.30. The summed E-state index contributed by atoms with van der Waals surface area (Å²) < 4.78 is 7.70. The Hall–Kier alpha value is -2.31. The first-order valence-electron chi connectivity index (χ1n) is 10.5. The van der Waals surface area contributed by atoms with Crippen molar-refractivity contribution in [3.05, 3.63) is 65.2 Å². The summed E-state index contributed by atoms with van der Waals surface area (Å²) in [6, 6.07) is 17.5. The van der Waals surface area contributed by atoms with Gasteiger partial charge in [-0.25, -0.2) is 0 Å². The molecule has 4 rings (SSSR count). The number of benzene rings is 2. The minimum absolute atomic E-state index is 0.171. The summed E-state index contributed by atoms with van der Waals surface area (Å²) in [5, 5.41) is 10.0. The van der Waals surface area contributed by atoms with Crippen molar-refractivity contribution in [1.29, 1.82) is 0 Å². The van der Waals surface area contributed by atoms with Crippen molar-refractivity contribution < 1.29 is 4.74 Å². The van der Waals surface area contributed by atoms with Crippen LogP contribution >= 0.6 is 11.8 Å². The number of aryl methyl sites for hydroxylation is 1. The molecule has 5 nitrogen and oxygen atoms in total. The van der Waals surface area contributed by atoms with E-state index in [1.165, 1.54) is 16.7 Å². The van der Waals surface area contributed by atoms with Crippen LogP contribution in [0.15, 0.2) is 53.7 Å². The second-order valence-corrected chi connectivity index (χ2v) is 9.73. The molecule has 2 aromatic carbocycles. The lowest BCUT2D eigenvalue weighted by Gasteiger charge is -2.28. The van der Waals surface area contributed by atoms with Gasteiger partial charge >= 0.3 is 0 Å². The molecular formula is C24H30N4OS. The van der Waals surface area contributed by atoms with E-state index < -0.39 is 0 Å². The van der Waals surface area contributed by atoms with Gasteiger partial charge in [0.05, 0.1) is 18.9 Å². The largest absolute Gasteiger partial charge is 0.378 e. The van der Waals surface area contributed by atoms with Crippen molar-refractivity contribution in [1.82, 2.24) is 14.8 Å². The van der Waals surface area contributed by atoms with E-state index in [2.05, 4.69) is 95.9 Å². The van der Waals surface area contributed by atoms with Gasteiger partial charge in [-0.2, -0.15) is 0 Å². The Kier molecular flexibility index (Phi) is 6.16. The van der Waals surface area contributed by atoms with Crippen molar-refractivity contribution in [2.24, 2.45) is 0 Å². The van der Waals surface area contributed by atoms with Gasteiger partial charge in [-0.1, -0.05) is 74.5 Å². The molecule has 1 saturated heterocycles. The van der Waals surface area contributed by atoms with Crippen LogP contribution in [0.2, 0.25) is 0 Å². The first kappa shape index (κ1) is 20.9. The van der Waals surface area contributed by atoms with Gasteiger partial charge in [0.15, 0.2) is 5.16 Å². The van der Waals surface area contributed by atoms with Gasteiger partial charge in [-0.3, -0.25) is 4.57 Å². The van der Waals surface area contributed by atoms with E-state index in [1.807, 2.05) is 0 Å². The highest BCUT2D eigenvalue weighted by Gasteiger charge is 2.22. The second-order valence-electron chi connectivity index (χ2n) is 8.79. The number of nitrogens with zero attached hydrogens (tertiary/aromatic N) is 4. The molecular weight excluding hydrogens is 392 g/mol. The van der Waals surface area contributed by atoms with E-state index in [1.54, 1.807) is 11.8 Å². The molecule has 0 aliphatic carbocycles. The summed E-state index contributed by atoms with van der Waals surface area (Å²) in [6.45, 7) is 12.0. The van der Waals surface area contributed by atoms with Gasteiger partial charge < -0.3 is 9.64 Å². The van der Waals surface area contributed by atoms with Crippen LogP contribution in [-0.4, -0.2) is 41.1 Å². The van der Waals surface area contributed by atoms with Crippen LogP contribution in [0.4, 0.5) is 5.95 Å². The maximum Gasteiger partial charge on any atom is 0.232 e. The number of rotatable bonds is 5. The molecule has 158 valence electrons. The Labute approximate surface area is 183 Å². The predicted octanol–water partition coefficient (Wildman–Crippen LogP) is 5.00. The molecule has 6 heteroatoms. The molecule has 3 aromatic rings. The molecule has 1 aliphatic rings. The molecule has 1 fully saturated rings. The summed E-state index contributed by atoms with van der Waals surface area (Å²) in [5.74, 6) is 1.75. The third-order valence-corrected chi connectivity index (χ3v) is 6.39. The smallest absolute Gasteiger partial charge is 0.232 e. The highest BCUT2D eigenvalue weighted by molar-refractivity contribution is 7.98. The molecule has 30 heavy (non-hydrogen) atoms. The maximum absolute atomic E-state index is 5.52. The molecule has 1 aromatic heterocycles.